The van der Waals surface area contributed by atoms with Gasteiger partial charge in [-0.25, -0.2) is 0 Å². The van der Waals surface area contributed by atoms with Gasteiger partial charge in [0.15, 0.2) is 0 Å². The number of aromatic hydroxyl groups is 2. The van der Waals surface area contributed by atoms with Gasteiger partial charge in [-0.1, -0.05) is 129 Å². The first-order valence-electron chi connectivity index (χ1n) is 19.8. The summed E-state index contributed by atoms with van der Waals surface area (Å²) in [4.78, 5) is 9.48. The quantitative estimate of drug-likeness (QED) is 0.0662. The minimum atomic E-state index is -0.0903. The predicted molar refractivity (Wildman–Crippen MR) is 210 cm³/mol. The topological polar surface area (TPSA) is 83.6 Å². The number of unbranched alkanes of at least 4 members (excludes halogenated alkanes) is 18. The summed E-state index contributed by atoms with van der Waals surface area (Å²) >= 11 is 0. The van der Waals surface area contributed by atoms with Gasteiger partial charge >= 0.3 is 0 Å². The molecule has 0 heterocycles. The van der Waals surface area contributed by atoms with Crippen molar-refractivity contribution in [1.29, 1.82) is 0 Å². The van der Waals surface area contributed by atoms with Gasteiger partial charge in [-0.3, -0.25) is 9.98 Å². The molecule has 2 rings (SSSR count). The number of nitrogens with zero attached hydrogens (tertiary/aromatic N) is 2. The van der Waals surface area contributed by atoms with Crippen LogP contribution in [0.4, 0.5) is 0 Å². The lowest BCUT2D eigenvalue weighted by Crippen LogP contribution is -2.10. The average molecular weight is 679 g/mol. The molecule has 0 spiro atoms. The van der Waals surface area contributed by atoms with Crippen LogP contribution in [0, 0.1) is 0 Å². The number of ether oxygens (including phenoxy) is 2. The Morgan fingerprint density at radius 1 is 0.551 bits per heavy atom. The molecule has 0 bridgehead atoms. The molecule has 0 saturated carbocycles. The highest BCUT2D eigenvalue weighted by molar-refractivity contribution is 6.02. The molecule has 0 fully saturated rings. The summed E-state index contributed by atoms with van der Waals surface area (Å²) in [7, 11) is 0. The lowest BCUT2D eigenvalue weighted by Gasteiger charge is -2.12. The third-order valence-corrected chi connectivity index (χ3v) is 9.26. The molecule has 0 aromatic heterocycles. The zero-order valence-corrected chi connectivity index (χ0v) is 31.9. The summed E-state index contributed by atoms with van der Waals surface area (Å²) in [6.45, 7) is 12.2. The van der Waals surface area contributed by atoms with Gasteiger partial charge in [0.2, 0.25) is 0 Å². The molecule has 1 atom stereocenters. The van der Waals surface area contributed by atoms with E-state index in [1.54, 1.807) is 12.1 Å². The maximum atomic E-state index is 10.7. The van der Waals surface area contributed by atoms with Crippen LogP contribution in [0.25, 0.3) is 0 Å². The molecular weight excluding hydrogens is 608 g/mol. The van der Waals surface area contributed by atoms with Crippen LogP contribution in [-0.2, 0) is 0 Å². The number of hydrogen-bond donors (Lipinski definition) is 2. The fourth-order valence-corrected chi connectivity index (χ4v) is 6.17. The molecule has 0 radical (unpaired) electrons. The molecule has 0 amide bonds. The second-order valence-corrected chi connectivity index (χ2v) is 13.9. The van der Waals surface area contributed by atoms with Crippen LogP contribution in [0.2, 0.25) is 0 Å². The second kappa shape index (κ2) is 26.8. The molecule has 0 aliphatic rings. The Bertz CT molecular complexity index is 1210. The lowest BCUT2D eigenvalue weighted by atomic mass is 10.1. The Labute approximate surface area is 299 Å². The number of benzene rings is 2. The molecule has 276 valence electrons. The average Bonchev–Trinajstić information content (AvgIpc) is 3.08. The summed E-state index contributed by atoms with van der Waals surface area (Å²) < 4.78 is 11.8. The largest absolute Gasteiger partial charge is 0.507 e. The normalized spacial score (nSPS) is 12.8. The Balaban J connectivity index is 1.70. The SMILES string of the molecule is CCCCCCCCCCCCOc1ccc(C(C)=NCC(C)N=C(C)c2ccc(OCCCCCCCCCCCC)cc2O)c(O)c1. The van der Waals surface area contributed by atoms with Crippen LogP contribution >= 0.6 is 0 Å². The highest BCUT2D eigenvalue weighted by atomic mass is 16.5. The summed E-state index contributed by atoms with van der Waals surface area (Å²) in [6, 6.07) is 10.8. The number of phenols is 2. The first-order chi connectivity index (χ1) is 23.8. The van der Waals surface area contributed by atoms with Gasteiger partial charge in [0.05, 0.1) is 25.8 Å². The van der Waals surface area contributed by atoms with Crippen molar-refractivity contribution in [3.8, 4) is 23.0 Å². The Morgan fingerprint density at radius 2 is 0.918 bits per heavy atom. The summed E-state index contributed by atoms with van der Waals surface area (Å²) in [5, 5.41) is 21.4. The van der Waals surface area contributed by atoms with E-state index in [0.29, 0.717) is 42.4 Å². The number of rotatable bonds is 29. The zero-order valence-electron chi connectivity index (χ0n) is 31.9. The first-order valence-corrected chi connectivity index (χ1v) is 19.8. The molecule has 49 heavy (non-hydrogen) atoms. The maximum absolute atomic E-state index is 10.7. The molecule has 0 aliphatic heterocycles. The van der Waals surface area contributed by atoms with Crippen molar-refractivity contribution in [2.75, 3.05) is 19.8 Å². The molecular formula is C43H70N2O4. The minimum absolute atomic E-state index is 0.0903. The zero-order chi connectivity index (χ0) is 35.5. The summed E-state index contributed by atoms with van der Waals surface area (Å²) in [5.41, 5.74) is 2.91. The van der Waals surface area contributed by atoms with E-state index >= 15 is 0 Å². The highest BCUT2D eigenvalue weighted by Crippen LogP contribution is 2.26. The van der Waals surface area contributed by atoms with Crippen molar-refractivity contribution < 1.29 is 19.7 Å². The summed E-state index contributed by atoms with van der Waals surface area (Å²) in [5.74, 6) is 1.73. The van der Waals surface area contributed by atoms with Crippen molar-refractivity contribution in [2.24, 2.45) is 9.98 Å². The van der Waals surface area contributed by atoms with Gasteiger partial charge < -0.3 is 19.7 Å². The molecule has 2 aromatic carbocycles. The number of hydrogen-bond acceptors (Lipinski definition) is 6. The van der Waals surface area contributed by atoms with E-state index in [1.807, 2.05) is 45.0 Å². The van der Waals surface area contributed by atoms with E-state index in [4.69, 9.17) is 19.5 Å². The van der Waals surface area contributed by atoms with Gasteiger partial charge in [-0.05, 0) is 57.9 Å². The van der Waals surface area contributed by atoms with Crippen LogP contribution in [-0.4, -0.2) is 47.4 Å². The number of phenolic OH excluding ortho intramolecular Hbond substituents is 2. The van der Waals surface area contributed by atoms with Crippen LogP contribution in [0.5, 0.6) is 23.0 Å². The molecule has 1 unspecified atom stereocenters. The van der Waals surface area contributed by atoms with Crippen LogP contribution in [0.1, 0.15) is 174 Å². The molecule has 0 saturated heterocycles. The molecule has 2 aromatic rings. The van der Waals surface area contributed by atoms with Gasteiger partial charge in [0, 0.05) is 34.7 Å². The summed E-state index contributed by atoms with van der Waals surface area (Å²) in [6.07, 6.45) is 25.9. The van der Waals surface area contributed by atoms with E-state index in [-0.39, 0.29) is 17.5 Å². The predicted octanol–water partition coefficient (Wildman–Crippen LogP) is 12.4. The second-order valence-electron chi connectivity index (χ2n) is 13.9. The van der Waals surface area contributed by atoms with Crippen LogP contribution in [0.15, 0.2) is 46.4 Å². The van der Waals surface area contributed by atoms with Crippen molar-refractivity contribution in [3.05, 3.63) is 47.5 Å². The minimum Gasteiger partial charge on any atom is -0.507 e. The van der Waals surface area contributed by atoms with Crippen molar-refractivity contribution in [1.82, 2.24) is 0 Å². The van der Waals surface area contributed by atoms with E-state index in [1.165, 1.54) is 116 Å². The van der Waals surface area contributed by atoms with Crippen molar-refractivity contribution in [3.63, 3.8) is 0 Å². The smallest absolute Gasteiger partial charge is 0.128 e. The van der Waals surface area contributed by atoms with Crippen LogP contribution in [0.3, 0.4) is 0 Å². The molecule has 0 aliphatic carbocycles. The van der Waals surface area contributed by atoms with Crippen LogP contribution < -0.4 is 9.47 Å². The Hall–Kier alpha value is -3.02. The van der Waals surface area contributed by atoms with E-state index in [2.05, 4.69) is 13.8 Å². The maximum Gasteiger partial charge on any atom is 0.128 e. The van der Waals surface area contributed by atoms with Gasteiger partial charge in [-0.15, -0.1) is 0 Å². The Kier molecular flexibility index (Phi) is 23.0. The third kappa shape index (κ3) is 19.1. The standard InChI is InChI=1S/C43H70N2O4/c1-6-8-10-12-14-16-18-20-22-24-30-48-38-26-28-40(42(46)32-38)36(4)44-34-35(3)45-37(5)41-29-27-39(33-43(41)47)49-31-25-23-21-19-17-15-13-11-9-7-2/h26-29,32-33,35,46-47H,6-25,30-31,34H2,1-5H3. The first kappa shape index (κ1) is 42.1. The lowest BCUT2D eigenvalue weighted by molar-refractivity contribution is 0.302. The van der Waals surface area contributed by atoms with Crippen molar-refractivity contribution >= 4 is 11.4 Å². The van der Waals surface area contributed by atoms with Gasteiger partial charge in [0.25, 0.3) is 0 Å². The van der Waals surface area contributed by atoms with Crippen molar-refractivity contribution in [2.45, 2.75) is 169 Å². The van der Waals surface area contributed by atoms with E-state index < -0.39 is 0 Å². The fourth-order valence-electron chi connectivity index (χ4n) is 6.17. The molecule has 6 nitrogen and oxygen atoms in total. The highest BCUT2D eigenvalue weighted by Gasteiger charge is 2.11. The Morgan fingerprint density at radius 3 is 1.31 bits per heavy atom. The van der Waals surface area contributed by atoms with E-state index in [0.717, 1.165) is 24.3 Å². The fraction of sp³-hybridized carbons (Fsp3) is 0.674. The molecule has 6 heteroatoms. The number of aliphatic imine (C=N–C) groups is 2. The van der Waals surface area contributed by atoms with Gasteiger partial charge in [0.1, 0.15) is 23.0 Å². The van der Waals surface area contributed by atoms with E-state index in [9.17, 15) is 10.2 Å². The monoisotopic (exact) mass is 679 g/mol. The van der Waals surface area contributed by atoms with Gasteiger partial charge in [-0.2, -0.15) is 0 Å². The third-order valence-electron chi connectivity index (χ3n) is 9.26. The molecule has 2 N–H and O–H groups in total.